The largest absolute Gasteiger partial charge is 0.494 e. The monoisotopic (exact) mass is 523 g/mol. The van der Waals surface area contributed by atoms with E-state index < -0.39 is 20.5 Å². The zero-order valence-corrected chi connectivity index (χ0v) is 20.9. The second-order valence-electron chi connectivity index (χ2n) is 9.35. The Balaban J connectivity index is 1.36. The molecule has 0 spiro atoms. The summed E-state index contributed by atoms with van der Waals surface area (Å²) in [5, 5.41) is 19.4. The van der Waals surface area contributed by atoms with E-state index in [2.05, 4.69) is 0 Å². The van der Waals surface area contributed by atoms with Crippen molar-refractivity contribution in [2.75, 3.05) is 19.8 Å². The lowest BCUT2D eigenvalue weighted by Gasteiger charge is -2.34. The van der Waals surface area contributed by atoms with E-state index in [1.54, 1.807) is 4.57 Å². The van der Waals surface area contributed by atoms with Crippen LogP contribution in [0.1, 0.15) is 57.4 Å². The minimum absolute atomic E-state index is 0.0547. The van der Waals surface area contributed by atoms with Crippen LogP contribution in [0.25, 0.3) is 0 Å². The molecule has 2 heterocycles. The lowest BCUT2D eigenvalue weighted by molar-refractivity contribution is -0.134. The number of benzene rings is 1. The van der Waals surface area contributed by atoms with Crippen molar-refractivity contribution in [3.8, 4) is 11.6 Å². The molecule has 3 N–H and O–H groups in total. The highest BCUT2D eigenvalue weighted by Crippen LogP contribution is 2.36. The molecule has 1 saturated heterocycles. The fourth-order valence-corrected chi connectivity index (χ4v) is 7.03. The van der Waals surface area contributed by atoms with Gasteiger partial charge in [-0.25, -0.2) is 18.7 Å². The molecule has 2 aromatic rings. The number of nitrogens with one attached hydrogen (secondary N) is 1. The molecule has 4 rings (SSSR count). The molecule has 1 aromatic heterocycles. The molecule has 11 nitrogen and oxygen atoms in total. The second-order valence-corrected chi connectivity index (χ2v) is 11.6. The zero-order valence-electron chi connectivity index (χ0n) is 20.1. The summed E-state index contributed by atoms with van der Waals surface area (Å²) in [6.45, 7) is 0.728. The van der Waals surface area contributed by atoms with Crippen LogP contribution in [0.4, 0.5) is 0 Å². The van der Waals surface area contributed by atoms with Crippen molar-refractivity contribution < 1.29 is 33.0 Å². The molecule has 1 saturated carbocycles. The molecule has 36 heavy (non-hydrogen) atoms. The van der Waals surface area contributed by atoms with Crippen LogP contribution in [0, 0.1) is 0 Å². The number of carbonyl (C=O) groups is 1. The summed E-state index contributed by atoms with van der Waals surface area (Å²) in [5.74, 6) is -0.603. The number of ether oxygens (including phenoxy) is 2. The first kappa shape index (κ1) is 26.2. The van der Waals surface area contributed by atoms with Crippen LogP contribution < -0.4 is 15.9 Å². The third-order valence-corrected chi connectivity index (χ3v) is 9.73. The average molecular weight is 524 g/mol. The third kappa shape index (κ3) is 5.02. The van der Waals surface area contributed by atoms with Gasteiger partial charge >= 0.3 is 5.69 Å². The number of nitrogens with zero attached hydrogens (tertiary/aromatic N) is 2. The highest BCUT2D eigenvalue weighted by atomic mass is 32.2. The molecule has 0 unspecified atom stereocenters. The van der Waals surface area contributed by atoms with Crippen molar-refractivity contribution >= 4 is 15.7 Å². The predicted molar refractivity (Wildman–Crippen MR) is 129 cm³/mol. The van der Waals surface area contributed by atoms with E-state index in [1.807, 2.05) is 0 Å². The van der Waals surface area contributed by atoms with Crippen molar-refractivity contribution in [3.05, 3.63) is 40.9 Å². The Labute approximate surface area is 209 Å². The molecule has 1 aromatic carbocycles. The summed E-state index contributed by atoms with van der Waals surface area (Å²) in [5.41, 5.74) is 1.28. The van der Waals surface area contributed by atoms with Gasteiger partial charge in [-0.2, -0.15) is 0 Å². The maximum atomic E-state index is 13.3. The van der Waals surface area contributed by atoms with Crippen LogP contribution in [0.2, 0.25) is 0 Å². The molecule has 1 amide bonds. The Hall–Kier alpha value is -2.83. The summed E-state index contributed by atoms with van der Waals surface area (Å²) in [6.07, 6.45) is 7.08. The number of hydroxylamine groups is 1. The minimum Gasteiger partial charge on any atom is -0.494 e. The summed E-state index contributed by atoms with van der Waals surface area (Å²) in [7, 11) is -4.11. The van der Waals surface area contributed by atoms with Gasteiger partial charge in [0.2, 0.25) is 5.88 Å². The number of rotatable bonds is 9. The number of sulfone groups is 1. The summed E-state index contributed by atoms with van der Waals surface area (Å²) < 4.78 is 38.7. The van der Waals surface area contributed by atoms with Gasteiger partial charge in [0, 0.05) is 25.8 Å². The Morgan fingerprint density at radius 2 is 1.81 bits per heavy atom. The van der Waals surface area contributed by atoms with Gasteiger partial charge < -0.3 is 14.6 Å². The third-order valence-electron chi connectivity index (χ3n) is 7.21. The van der Waals surface area contributed by atoms with E-state index in [-0.39, 0.29) is 61.7 Å². The fraction of sp³-hybridized carbons (Fsp3) is 0.583. The molecule has 1 aliphatic carbocycles. The van der Waals surface area contributed by atoms with Crippen molar-refractivity contribution in [1.82, 2.24) is 14.6 Å². The number of amides is 1. The first-order valence-electron chi connectivity index (χ1n) is 12.3. The van der Waals surface area contributed by atoms with Crippen LogP contribution in [-0.2, 0) is 25.9 Å². The van der Waals surface area contributed by atoms with Crippen molar-refractivity contribution in [1.29, 1.82) is 0 Å². The first-order valence-corrected chi connectivity index (χ1v) is 13.8. The second kappa shape index (κ2) is 11.1. The van der Waals surface area contributed by atoms with Crippen LogP contribution in [0.5, 0.6) is 11.6 Å². The summed E-state index contributed by atoms with van der Waals surface area (Å²) in [6, 6.07) is 5.87. The van der Waals surface area contributed by atoms with E-state index in [1.165, 1.54) is 46.9 Å². The molecule has 2 aliphatic rings. The van der Waals surface area contributed by atoms with Gasteiger partial charge in [-0.05, 0) is 56.4 Å². The topological polar surface area (TPSA) is 149 Å². The molecule has 1 aliphatic heterocycles. The number of aromatic hydroxyl groups is 1. The van der Waals surface area contributed by atoms with E-state index in [0.717, 1.165) is 25.7 Å². The van der Waals surface area contributed by atoms with E-state index >= 15 is 0 Å². The highest BCUT2D eigenvalue weighted by Gasteiger charge is 2.52. The minimum atomic E-state index is -4.11. The van der Waals surface area contributed by atoms with Gasteiger partial charge in [0.05, 0.1) is 17.7 Å². The molecular formula is C24H33N3O8S. The molecule has 12 heteroatoms. The Morgan fingerprint density at radius 3 is 2.44 bits per heavy atom. The molecule has 0 atom stereocenters. The van der Waals surface area contributed by atoms with E-state index in [0.29, 0.717) is 12.2 Å². The Kier molecular flexibility index (Phi) is 8.06. The lowest BCUT2D eigenvalue weighted by Crippen LogP contribution is -2.54. The van der Waals surface area contributed by atoms with Crippen LogP contribution in [0.15, 0.2) is 40.2 Å². The Bertz CT molecular complexity index is 1210. The molecule has 0 bridgehead atoms. The van der Waals surface area contributed by atoms with Gasteiger partial charge in [0.15, 0.2) is 14.6 Å². The lowest BCUT2D eigenvalue weighted by atomic mass is 9.95. The molecule has 0 radical (unpaired) electrons. The maximum absolute atomic E-state index is 13.3. The van der Waals surface area contributed by atoms with Crippen LogP contribution >= 0.6 is 0 Å². The maximum Gasteiger partial charge on any atom is 0.331 e. The fourth-order valence-electron chi connectivity index (χ4n) is 5.09. The number of carbonyl (C=O) groups excluding carboxylic acids is 1. The van der Waals surface area contributed by atoms with Gasteiger partial charge in [-0.1, -0.05) is 19.3 Å². The first-order chi connectivity index (χ1) is 17.3. The SMILES string of the molecule is O=C(NO)C1(S(=O)(=O)c2ccc(OCCCn3c(O)cn(C4CCCCC4)c3=O)cc2)CCOCC1. The Morgan fingerprint density at radius 1 is 1.14 bits per heavy atom. The zero-order chi connectivity index (χ0) is 25.8. The predicted octanol–water partition coefficient (Wildman–Crippen LogP) is 2.16. The van der Waals surface area contributed by atoms with Crippen LogP contribution in [0.3, 0.4) is 0 Å². The van der Waals surface area contributed by atoms with E-state index in [4.69, 9.17) is 14.7 Å². The number of hydrogen-bond donors (Lipinski definition) is 3. The smallest absolute Gasteiger partial charge is 0.331 e. The summed E-state index contributed by atoms with van der Waals surface area (Å²) in [4.78, 5) is 25.0. The standard InChI is InChI=1S/C24H33N3O8S/c28-21-17-27(18-5-2-1-3-6-18)23(30)26(21)13-4-14-35-19-7-9-20(10-8-19)36(32,33)24(22(29)25-31)11-15-34-16-12-24/h7-10,17-18,28,31H,1-6,11-16H2,(H,25,29). The van der Waals surface area contributed by atoms with Gasteiger partial charge in [-0.15, -0.1) is 0 Å². The average Bonchev–Trinajstić information content (AvgIpc) is 3.20. The number of hydrogen-bond acceptors (Lipinski definition) is 8. The van der Waals surface area contributed by atoms with Crippen LogP contribution in [-0.4, -0.2) is 58.3 Å². The normalized spacial score (nSPS) is 18.6. The molecule has 198 valence electrons. The molecule has 2 fully saturated rings. The van der Waals surface area contributed by atoms with Crippen molar-refractivity contribution in [2.24, 2.45) is 0 Å². The van der Waals surface area contributed by atoms with Gasteiger partial charge in [0.1, 0.15) is 5.75 Å². The number of aromatic nitrogens is 2. The molecular weight excluding hydrogens is 490 g/mol. The highest BCUT2D eigenvalue weighted by molar-refractivity contribution is 7.93. The van der Waals surface area contributed by atoms with Gasteiger partial charge in [0.25, 0.3) is 5.91 Å². The quantitative estimate of drug-likeness (QED) is 0.257. The van der Waals surface area contributed by atoms with Crippen molar-refractivity contribution in [2.45, 2.75) is 73.6 Å². The number of imidazole rings is 1. The van der Waals surface area contributed by atoms with Crippen molar-refractivity contribution in [3.63, 3.8) is 0 Å². The van der Waals surface area contributed by atoms with E-state index in [9.17, 15) is 23.1 Å². The summed E-state index contributed by atoms with van der Waals surface area (Å²) >= 11 is 0. The van der Waals surface area contributed by atoms with Gasteiger partial charge in [-0.3, -0.25) is 19.1 Å².